The highest BCUT2D eigenvalue weighted by molar-refractivity contribution is 5.92. The maximum absolute atomic E-state index is 12.1. The van der Waals surface area contributed by atoms with Gasteiger partial charge in [-0.15, -0.1) is 12.4 Å². The highest BCUT2D eigenvalue weighted by Crippen LogP contribution is 2.17. The average Bonchev–Trinajstić information content (AvgIpc) is 2.49. The van der Waals surface area contributed by atoms with Crippen LogP contribution in [0.5, 0.6) is 0 Å². The van der Waals surface area contributed by atoms with Gasteiger partial charge >= 0.3 is 0 Å². The first-order valence-corrected chi connectivity index (χ1v) is 7.97. The Labute approximate surface area is 140 Å². The van der Waals surface area contributed by atoms with Crippen LogP contribution in [0.1, 0.15) is 25.3 Å². The van der Waals surface area contributed by atoms with Gasteiger partial charge in [-0.2, -0.15) is 0 Å². The molecule has 0 saturated carbocycles. The number of hydrogen-bond donors (Lipinski definition) is 2. The van der Waals surface area contributed by atoms with Crippen molar-refractivity contribution in [1.82, 2.24) is 10.2 Å². The van der Waals surface area contributed by atoms with E-state index >= 15 is 0 Å². The number of likely N-dealkylation sites (tertiary alicyclic amines) is 1. The lowest BCUT2D eigenvalue weighted by Crippen LogP contribution is -2.41. The van der Waals surface area contributed by atoms with Crippen molar-refractivity contribution in [3.8, 4) is 0 Å². The molecule has 1 aliphatic heterocycles. The molecule has 124 valence electrons. The summed E-state index contributed by atoms with van der Waals surface area (Å²) in [5, 5.41) is 6.42. The average molecular weight is 326 g/mol. The second-order valence-corrected chi connectivity index (χ2v) is 5.89. The molecule has 0 unspecified atom stereocenters. The van der Waals surface area contributed by atoms with Gasteiger partial charge in [0, 0.05) is 5.69 Å². The minimum atomic E-state index is 0. The number of amides is 1. The molecule has 1 aromatic carbocycles. The molecule has 4 nitrogen and oxygen atoms in total. The minimum Gasteiger partial charge on any atom is -0.325 e. The maximum atomic E-state index is 12.1. The minimum absolute atomic E-state index is 0. The van der Waals surface area contributed by atoms with Crippen molar-refractivity contribution < 1.29 is 4.79 Å². The molecule has 1 amide bonds. The fraction of sp³-hybridized carbons (Fsp3) is 0.588. The van der Waals surface area contributed by atoms with Crippen LogP contribution in [0.15, 0.2) is 24.3 Å². The van der Waals surface area contributed by atoms with Crippen molar-refractivity contribution in [3.05, 3.63) is 29.8 Å². The van der Waals surface area contributed by atoms with Crippen molar-refractivity contribution in [2.45, 2.75) is 26.7 Å². The van der Waals surface area contributed by atoms with Crippen LogP contribution in [-0.4, -0.2) is 43.5 Å². The van der Waals surface area contributed by atoms with Gasteiger partial charge in [0.1, 0.15) is 0 Å². The Morgan fingerprint density at radius 2 is 1.95 bits per heavy atom. The molecule has 1 fully saturated rings. The molecule has 1 aliphatic rings. The fourth-order valence-electron chi connectivity index (χ4n) is 2.80. The van der Waals surface area contributed by atoms with Gasteiger partial charge in [0.05, 0.1) is 6.54 Å². The molecule has 2 rings (SSSR count). The van der Waals surface area contributed by atoms with E-state index in [0.717, 1.165) is 43.3 Å². The number of carbonyl (C=O) groups excluding carboxylic acids is 1. The molecule has 0 atom stereocenters. The smallest absolute Gasteiger partial charge is 0.238 e. The zero-order valence-electron chi connectivity index (χ0n) is 13.6. The summed E-state index contributed by atoms with van der Waals surface area (Å²) in [6.07, 6.45) is 2.37. The normalized spacial score (nSPS) is 16.1. The second kappa shape index (κ2) is 9.82. The van der Waals surface area contributed by atoms with E-state index in [9.17, 15) is 4.79 Å². The summed E-state index contributed by atoms with van der Waals surface area (Å²) in [5.41, 5.74) is 2.03. The van der Waals surface area contributed by atoms with Crippen LogP contribution in [0, 0.1) is 12.8 Å². The summed E-state index contributed by atoms with van der Waals surface area (Å²) in [6, 6.07) is 7.91. The number of piperidine rings is 1. The number of nitrogens with one attached hydrogen (secondary N) is 2. The molecule has 0 radical (unpaired) electrons. The predicted molar refractivity (Wildman–Crippen MR) is 94.8 cm³/mol. The van der Waals surface area contributed by atoms with Gasteiger partial charge < -0.3 is 10.6 Å². The van der Waals surface area contributed by atoms with E-state index in [1.165, 1.54) is 12.8 Å². The number of aryl methyl sites for hydroxylation is 1. The van der Waals surface area contributed by atoms with E-state index in [0.29, 0.717) is 6.54 Å². The first-order chi connectivity index (χ1) is 10.2. The molecule has 2 N–H and O–H groups in total. The number of rotatable bonds is 6. The highest BCUT2D eigenvalue weighted by Gasteiger charge is 2.20. The Balaban J connectivity index is 0.00000242. The van der Waals surface area contributed by atoms with E-state index < -0.39 is 0 Å². The highest BCUT2D eigenvalue weighted by atomic mass is 35.5. The summed E-state index contributed by atoms with van der Waals surface area (Å²) in [5.74, 6) is 0.857. The summed E-state index contributed by atoms with van der Waals surface area (Å²) in [4.78, 5) is 14.4. The lowest BCUT2D eigenvalue weighted by Gasteiger charge is -2.31. The number of hydrogen-bond acceptors (Lipinski definition) is 3. The Morgan fingerprint density at radius 1 is 1.27 bits per heavy atom. The third-order valence-electron chi connectivity index (χ3n) is 4.18. The van der Waals surface area contributed by atoms with Crippen LogP contribution < -0.4 is 10.6 Å². The third kappa shape index (κ3) is 5.95. The Kier molecular flexibility index (Phi) is 8.46. The van der Waals surface area contributed by atoms with Gasteiger partial charge in [-0.05, 0) is 63.5 Å². The van der Waals surface area contributed by atoms with E-state index in [2.05, 4.69) is 22.5 Å². The molecule has 1 aromatic rings. The van der Waals surface area contributed by atoms with Crippen molar-refractivity contribution in [2.75, 3.05) is 38.0 Å². The van der Waals surface area contributed by atoms with Gasteiger partial charge in [-0.3, -0.25) is 9.69 Å². The van der Waals surface area contributed by atoms with Crippen molar-refractivity contribution in [1.29, 1.82) is 0 Å². The number of anilines is 1. The molecular weight excluding hydrogens is 298 g/mol. The monoisotopic (exact) mass is 325 g/mol. The topological polar surface area (TPSA) is 44.4 Å². The number of benzene rings is 1. The zero-order valence-corrected chi connectivity index (χ0v) is 14.4. The van der Waals surface area contributed by atoms with Gasteiger partial charge in [-0.25, -0.2) is 0 Å². The summed E-state index contributed by atoms with van der Waals surface area (Å²) >= 11 is 0. The number of nitrogens with zero attached hydrogens (tertiary/aromatic N) is 1. The first-order valence-electron chi connectivity index (χ1n) is 7.97. The zero-order chi connectivity index (χ0) is 15.1. The molecule has 0 spiro atoms. The van der Waals surface area contributed by atoms with Gasteiger partial charge in [0.2, 0.25) is 5.91 Å². The molecule has 0 aliphatic carbocycles. The van der Waals surface area contributed by atoms with Crippen LogP contribution in [0.3, 0.4) is 0 Å². The number of halogens is 1. The van der Waals surface area contributed by atoms with Gasteiger partial charge in [0.25, 0.3) is 0 Å². The third-order valence-corrected chi connectivity index (χ3v) is 4.18. The molecule has 1 saturated heterocycles. The Morgan fingerprint density at radius 3 is 2.59 bits per heavy atom. The van der Waals surface area contributed by atoms with E-state index in [1.54, 1.807) is 0 Å². The molecule has 1 heterocycles. The number of carbonyl (C=O) groups is 1. The standard InChI is InChI=1S/C17H27N3O.ClH/c1-3-18-12-15-8-10-20(11-9-15)13-17(21)19-16-7-5-4-6-14(16)2;/h4-7,15,18H,3,8-13H2,1-2H3,(H,19,21);1H. The molecular formula is C17H28ClN3O. The Hall–Kier alpha value is -1.10. The quantitative estimate of drug-likeness (QED) is 0.845. The van der Waals surface area contributed by atoms with Crippen molar-refractivity contribution >= 4 is 24.0 Å². The van der Waals surface area contributed by atoms with Gasteiger partial charge in [0.15, 0.2) is 0 Å². The lowest BCUT2D eigenvalue weighted by atomic mass is 9.97. The van der Waals surface area contributed by atoms with Crippen LogP contribution in [0.2, 0.25) is 0 Å². The Bertz CT molecular complexity index is 459. The van der Waals surface area contributed by atoms with Crippen molar-refractivity contribution in [3.63, 3.8) is 0 Å². The van der Waals surface area contributed by atoms with E-state index in [1.807, 2.05) is 31.2 Å². The molecule has 0 bridgehead atoms. The van der Waals surface area contributed by atoms with Crippen LogP contribution in [-0.2, 0) is 4.79 Å². The molecule has 0 aromatic heterocycles. The second-order valence-electron chi connectivity index (χ2n) is 5.89. The largest absolute Gasteiger partial charge is 0.325 e. The van der Waals surface area contributed by atoms with E-state index in [-0.39, 0.29) is 18.3 Å². The van der Waals surface area contributed by atoms with Crippen LogP contribution in [0.4, 0.5) is 5.69 Å². The van der Waals surface area contributed by atoms with Crippen LogP contribution >= 0.6 is 12.4 Å². The molecule has 22 heavy (non-hydrogen) atoms. The summed E-state index contributed by atoms with van der Waals surface area (Å²) in [6.45, 7) is 8.86. The van der Waals surface area contributed by atoms with Gasteiger partial charge in [-0.1, -0.05) is 25.1 Å². The first kappa shape index (κ1) is 18.9. The van der Waals surface area contributed by atoms with Crippen LogP contribution in [0.25, 0.3) is 0 Å². The molecule has 5 heteroatoms. The summed E-state index contributed by atoms with van der Waals surface area (Å²) in [7, 11) is 0. The van der Waals surface area contributed by atoms with Crippen molar-refractivity contribution in [2.24, 2.45) is 5.92 Å². The maximum Gasteiger partial charge on any atom is 0.238 e. The predicted octanol–water partition coefficient (Wildman–Crippen LogP) is 2.68. The fourth-order valence-corrected chi connectivity index (χ4v) is 2.80. The lowest BCUT2D eigenvalue weighted by molar-refractivity contribution is -0.117. The summed E-state index contributed by atoms with van der Waals surface area (Å²) < 4.78 is 0. The van der Waals surface area contributed by atoms with E-state index in [4.69, 9.17) is 0 Å². The SMILES string of the molecule is CCNCC1CCN(CC(=O)Nc2ccccc2C)CC1.Cl. The number of para-hydroxylation sites is 1.